The molecule has 1 fully saturated rings. The van der Waals surface area contributed by atoms with Gasteiger partial charge in [0.25, 0.3) is 5.91 Å². The van der Waals surface area contributed by atoms with E-state index >= 15 is 0 Å². The Balaban J connectivity index is 1.37. The molecule has 4 aromatic rings. The lowest BCUT2D eigenvalue weighted by atomic mass is 10.1. The van der Waals surface area contributed by atoms with Gasteiger partial charge in [0, 0.05) is 36.3 Å². The maximum Gasteiger partial charge on any atom is 0.345 e. The number of sulfone groups is 1. The Morgan fingerprint density at radius 1 is 1.15 bits per heavy atom. The number of aromatic nitrogens is 2. The highest BCUT2D eigenvalue weighted by Gasteiger charge is 2.32. The van der Waals surface area contributed by atoms with E-state index in [0.29, 0.717) is 28.6 Å². The molecule has 0 bridgehead atoms. The number of rotatable bonds is 7. The van der Waals surface area contributed by atoms with E-state index in [1.165, 1.54) is 18.0 Å². The van der Waals surface area contributed by atoms with Crippen molar-refractivity contribution in [3.8, 4) is 16.9 Å². The van der Waals surface area contributed by atoms with Crippen LogP contribution in [0.25, 0.3) is 34.0 Å². The Kier molecular flexibility index (Phi) is 7.16. The molecule has 3 heterocycles. The number of hydrogen-bond donors (Lipinski definition) is 0. The molecule has 0 N–H and O–H groups in total. The number of hydrogen-bond acceptors (Lipinski definition) is 8. The SMILES string of the molecule is CN(C(=O)COC(=O)C=Cc1cn(-c2ccccc2)nc1-c1cc2ccccc2oc1=O)C1CCS(=O)(=O)C1. The zero-order valence-electron chi connectivity index (χ0n) is 21.0. The van der Waals surface area contributed by atoms with Crippen molar-refractivity contribution in [1.29, 1.82) is 0 Å². The minimum atomic E-state index is -3.15. The largest absolute Gasteiger partial charge is 0.452 e. The standard InChI is InChI=1S/C28H25N3O7S/c1-30(22-13-14-39(35,36)18-22)25(32)17-37-26(33)12-11-20-16-31(21-8-3-2-4-9-21)29-27(20)23-15-19-7-5-6-10-24(19)38-28(23)34/h2-12,15-16,22H,13-14,17-18H2,1H3. The van der Waals surface area contributed by atoms with Crippen LogP contribution in [0.1, 0.15) is 12.0 Å². The molecule has 39 heavy (non-hydrogen) atoms. The summed E-state index contributed by atoms with van der Waals surface area (Å²) in [5.74, 6) is -1.34. The Morgan fingerprint density at radius 2 is 1.90 bits per heavy atom. The predicted octanol–water partition coefficient (Wildman–Crippen LogP) is 2.85. The third-order valence-electron chi connectivity index (χ3n) is 6.55. The summed E-state index contributed by atoms with van der Waals surface area (Å²) in [6, 6.07) is 17.6. The normalized spacial score (nSPS) is 16.5. The van der Waals surface area contributed by atoms with E-state index < -0.39 is 40.0 Å². The van der Waals surface area contributed by atoms with Gasteiger partial charge in [-0.1, -0.05) is 36.4 Å². The quantitative estimate of drug-likeness (QED) is 0.196. The fourth-order valence-corrected chi connectivity index (χ4v) is 6.16. The number of esters is 1. The fraction of sp³-hybridized carbons (Fsp3) is 0.214. The molecule has 1 aliphatic heterocycles. The van der Waals surface area contributed by atoms with Crippen LogP contribution in [-0.4, -0.2) is 66.2 Å². The van der Waals surface area contributed by atoms with Gasteiger partial charge >= 0.3 is 11.6 Å². The summed E-state index contributed by atoms with van der Waals surface area (Å²) >= 11 is 0. The van der Waals surface area contributed by atoms with E-state index in [0.717, 1.165) is 11.8 Å². The minimum Gasteiger partial charge on any atom is -0.452 e. The van der Waals surface area contributed by atoms with Gasteiger partial charge in [0.1, 0.15) is 11.3 Å². The molecule has 11 heteroatoms. The highest BCUT2D eigenvalue weighted by molar-refractivity contribution is 7.91. The van der Waals surface area contributed by atoms with Gasteiger partial charge < -0.3 is 14.1 Å². The second kappa shape index (κ2) is 10.7. The maximum atomic E-state index is 12.8. The van der Waals surface area contributed by atoms with Crippen LogP contribution in [0.3, 0.4) is 0 Å². The van der Waals surface area contributed by atoms with E-state index in [1.54, 1.807) is 29.1 Å². The third-order valence-corrected chi connectivity index (χ3v) is 8.30. The number of carbonyl (C=O) groups is 2. The molecule has 2 aromatic carbocycles. The van der Waals surface area contributed by atoms with Crippen molar-refractivity contribution < 1.29 is 27.2 Å². The highest BCUT2D eigenvalue weighted by atomic mass is 32.2. The molecule has 200 valence electrons. The monoisotopic (exact) mass is 547 g/mol. The lowest BCUT2D eigenvalue weighted by Gasteiger charge is -2.22. The van der Waals surface area contributed by atoms with Crippen molar-refractivity contribution in [3.63, 3.8) is 0 Å². The lowest BCUT2D eigenvalue weighted by molar-refractivity contribution is -0.148. The van der Waals surface area contributed by atoms with Crippen molar-refractivity contribution in [1.82, 2.24) is 14.7 Å². The molecule has 0 saturated carbocycles. The summed E-state index contributed by atoms with van der Waals surface area (Å²) in [5, 5.41) is 5.31. The maximum absolute atomic E-state index is 12.8. The zero-order chi connectivity index (χ0) is 27.6. The molecule has 0 aliphatic carbocycles. The number of para-hydroxylation sites is 2. The molecule has 1 atom stereocenters. The van der Waals surface area contributed by atoms with Gasteiger partial charge in [-0.05, 0) is 36.8 Å². The van der Waals surface area contributed by atoms with E-state index in [2.05, 4.69) is 5.10 Å². The van der Waals surface area contributed by atoms with Crippen LogP contribution in [0.4, 0.5) is 0 Å². The summed E-state index contributed by atoms with van der Waals surface area (Å²) in [4.78, 5) is 39.0. The Hall–Kier alpha value is -4.51. The number of ether oxygens (including phenoxy) is 1. The number of carbonyl (C=O) groups excluding carboxylic acids is 2. The van der Waals surface area contributed by atoms with Crippen LogP contribution in [0.2, 0.25) is 0 Å². The van der Waals surface area contributed by atoms with Gasteiger partial charge in [-0.25, -0.2) is 22.7 Å². The number of benzene rings is 2. The molecule has 1 amide bonds. The van der Waals surface area contributed by atoms with Crippen molar-refractivity contribution in [2.75, 3.05) is 25.2 Å². The second-order valence-electron chi connectivity index (χ2n) is 9.20. The van der Waals surface area contributed by atoms with E-state index in [1.807, 2.05) is 42.5 Å². The number of nitrogens with zero attached hydrogens (tertiary/aromatic N) is 3. The van der Waals surface area contributed by atoms with Crippen LogP contribution in [0, 0.1) is 0 Å². The molecule has 0 spiro atoms. The first kappa shape index (κ1) is 26.1. The zero-order valence-corrected chi connectivity index (χ0v) is 21.8. The van der Waals surface area contributed by atoms with Crippen LogP contribution in [0.5, 0.6) is 0 Å². The Bertz CT molecular complexity index is 1740. The average Bonchev–Trinajstić information content (AvgIpc) is 3.53. The van der Waals surface area contributed by atoms with Crippen LogP contribution >= 0.6 is 0 Å². The van der Waals surface area contributed by atoms with Crippen LogP contribution < -0.4 is 5.63 Å². The Labute approximate surface area is 224 Å². The molecule has 10 nitrogen and oxygen atoms in total. The molecular weight excluding hydrogens is 522 g/mol. The average molecular weight is 548 g/mol. The van der Waals surface area contributed by atoms with Crippen molar-refractivity contribution in [2.45, 2.75) is 12.5 Å². The third kappa shape index (κ3) is 5.83. The minimum absolute atomic E-state index is 0.0341. The first-order valence-corrected chi connectivity index (χ1v) is 14.0. The van der Waals surface area contributed by atoms with Gasteiger partial charge in [0.15, 0.2) is 16.4 Å². The summed E-state index contributed by atoms with van der Waals surface area (Å²) in [5.41, 5.74) is 1.60. The predicted molar refractivity (Wildman–Crippen MR) is 145 cm³/mol. The lowest BCUT2D eigenvalue weighted by Crippen LogP contribution is -2.40. The fourth-order valence-electron chi connectivity index (χ4n) is 4.38. The topological polar surface area (TPSA) is 129 Å². The van der Waals surface area contributed by atoms with E-state index in [9.17, 15) is 22.8 Å². The number of amides is 1. The summed E-state index contributed by atoms with van der Waals surface area (Å²) in [6.07, 6.45) is 4.63. The summed E-state index contributed by atoms with van der Waals surface area (Å²) in [6.45, 7) is -0.527. The Morgan fingerprint density at radius 3 is 2.64 bits per heavy atom. The van der Waals surface area contributed by atoms with Crippen LogP contribution in [-0.2, 0) is 24.2 Å². The molecule has 0 radical (unpaired) electrons. The number of likely N-dealkylation sites (N-methyl/N-ethyl adjacent to an activating group) is 1. The molecule has 1 aliphatic rings. The molecule has 1 unspecified atom stereocenters. The molecule has 1 saturated heterocycles. The van der Waals surface area contributed by atoms with E-state index in [4.69, 9.17) is 9.15 Å². The highest BCUT2D eigenvalue weighted by Crippen LogP contribution is 2.25. The molecule has 2 aromatic heterocycles. The van der Waals surface area contributed by atoms with Crippen molar-refractivity contribution in [2.24, 2.45) is 0 Å². The molecular formula is C28H25N3O7S. The summed E-state index contributed by atoms with van der Waals surface area (Å²) in [7, 11) is -1.66. The van der Waals surface area contributed by atoms with Gasteiger partial charge in [0.2, 0.25) is 0 Å². The molecule has 5 rings (SSSR count). The second-order valence-corrected chi connectivity index (χ2v) is 11.4. The summed E-state index contributed by atoms with van der Waals surface area (Å²) < 4.78 is 35.6. The smallest absolute Gasteiger partial charge is 0.345 e. The first-order chi connectivity index (χ1) is 18.7. The van der Waals surface area contributed by atoms with Gasteiger partial charge in [0.05, 0.1) is 22.8 Å². The first-order valence-electron chi connectivity index (χ1n) is 12.2. The number of fused-ring (bicyclic) bond motifs is 1. The van der Waals surface area contributed by atoms with Crippen LogP contribution in [0.15, 0.2) is 82.1 Å². The van der Waals surface area contributed by atoms with Gasteiger partial charge in [-0.3, -0.25) is 4.79 Å². The van der Waals surface area contributed by atoms with Gasteiger partial charge in [-0.2, -0.15) is 5.10 Å². The van der Waals surface area contributed by atoms with Crippen molar-refractivity contribution >= 4 is 38.8 Å². The van der Waals surface area contributed by atoms with Gasteiger partial charge in [-0.15, -0.1) is 0 Å². The van der Waals surface area contributed by atoms with Crippen molar-refractivity contribution in [3.05, 3.63) is 88.9 Å². The van der Waals surface area contributed by atoms with E-state index in [-0.39, 0.29) is 17.1 Å².